The van der Waals surface area contributed by atoms with Crippen LogP contribution in [0.2, 0.25) is 0 Å². The molecule has 126 valence electrons. The van der Waals surface area contributed by atoms with Crippen molar-refractivity contribution in [2.24, 2.45) is 5.41 Å². The van der Waals surface area contributed by atoms with Crippen molar-refractivity contribution in [3.8, 4) is 0 Å². The third kappa shape index (κ3) is 3.72. The van der Waals surface area contributed by atoms with Crippen molar-refractivity contribution in [1.29, 1.82) is 0 Å². The molecule has 0 radical (unpaired) electrons. The Hall–Kier alpha value is -1.46. The second-order valence-electron chi connectivity index (χ2n) is 7.97. The van der Waals surface area contributed by atoms with E-state index in [4.69, 9.17) is 0 Å². The summed E-state index contributed by atoms with van der Waals surface area (Å²) < 4.78 is 0. The number of likely N-dealkylation sites (tertiary alicyclic amines) is 1. The molecule has 2 fully saturated rings. The summed E-state index contributed by atoms with van der Waals surface area (Å²) in [6.07, 6.45) is 6.49. The van der Waals surface area contributed by atoms with Crippen molar-refractivity contribution < 1.29 is 4.79 Å². The Kier molecular flexibility index (Phi) is 4.69. The summed E-state index contributed by atoms with van der Waals surface area (Å²) in [5.41, 5.74) is 8.05. The van der Waals surface area contributed by atoms with Gasteiger partial charge in [-0.2, -0.15) is 0 Å². The second kappa shape index (κ2) is 6.57. The van der Waals surface area contributed by atoms with Crippen molar-refractivity contribution in [2.75, 3.05) is 13.1 Å². The van der Waals surface area contributed by atoms with E-state index in [9.17, 15) is 4.79 Å². The van der Waals surface area contributed by atoms with E-state index in [0.29, 0.717) is 18.2 Å². The van der Waals surface area contributed by atoms with Crippen LogP contribution in [-0.4, -0.2) is 41.0 Å². The maximum atomic E-state index is 12.7. The molecule has 0 saturated carbocycles. The fourth-order valence-electron chi connectivity index (χ4n) is 3.85. The highest BCUT2D eigenvalue weighted by Crippen LogP contribution is 2.32. The van der Waals surface area contributed by atoms with Crippen molar-refractivity contribution in [1.82, 2.24) is 20.7 Å². The molecule has 2 N–H and O–H groups in total. The van der Waals surface area contributed by atoms with Crippen LogP contribution in [0, 0.1) is 5.41 Å². The lowest BCUT2D eigenvalue weighted by Crippen LogP contribution is -2.50. The molecule has 2 aliphatic heterocycles. The van der Waals surface area contributed by atoms with Crippen LogP contribution in [0.1, 0.15) is 51.5 Å². The maximum absolute atomic E-state index is 12.7. The van der Waals surface area contributed by atoms with Gasteiger partial charge in [0, 0.05) is 49.9 Å². The number of amides is 1. The van der Waals surface area contributed by atoms with Crippen LogP contribution in [0.4, 0.5) is 0 Å². The minimum Gasteiger partial charge on any atom is -0.338 e. The Balaban J connectivity index is 1.75. The molecule has 0 bridgehead atoms. The van der Waals surface area contributed by atoms with Crippen LogP contribution < -0.4 is 10.9 Å². The number of nitrogens with zero attached hydrogens (tertiary/aromatic N) is 2. The molecule has 0 aromatic carbocycles. The Morgan fingerprint density at radius 3 is 2.78 bits per heavy atom. The zero-order chi connectivity index (χ0) is 16.4. The Morgan fingerprint density at radius 2 is 2.09 bits per heavy atom. The Morgan fingerprint density at radius 1 is 1.35 bits per heavy atom. The summed E-state index contributed by atoms with van der Waals surface area (Å²) >= 11 is 0. The molecule has 2 aliphatic rings. The third-order valence-electron chi connectivity index (χ3n) is 4.87. The van der Waals surface area contributed by atoms with E-state index >= 15 is 0 Å². The predicted molar refractivity (Wildman–Crippen MR) is 90.7 cm³/mol. The van der Waals surface area contributed by atoms with Crippen molar-refractivity contribution in [3.63, 3.8) is 0 Å². The first-order valence-electron chi connectivity index (χ1n) is 8.63. The topological polar surface area (TPSA) is 57.3 Å². The van der Waals surface area contributed by atoms with E-state index in [2.05, 4.69) is 53.6 Å². The smallest absolute Gasteiger partial charge is 0.223 e. The maximum Gasteiger partial charge on any atom is 0.223 e. The van der Waals surface area contributed by atoms with Crippen molar-refractivity contribution in [3.05, 3.63) is 30.1 Å². The van der Waals surface area contributed by atoms with Crippen molar-refractivity contribution >= 4 is 5.91 Å². The number of carbonyl (C=O) groups excluding carboxylic acids is 1. The number of hydrazine groups is 1. The van der Waals surface area contributed by atoms with Crippen LogP contribution in [0.15, 0.2) is 24.5 Å². The van der Waals surface area contributed by atoms with E-state index < -0.39 is 0 Å². The van der Waals surface area contributed by atoms with E-state index in [-0.39, 0.29) is 17.5 Å². The third-order valence-corrected chi connectivity index (χ3v) is 4.87. The summed E-state index contributed by atoms with van der Waals surface area (Å²) in [6, 6.07) is 4.72. The van der Waals surface area contributed by atoms with E-state index in [1.807, 2.05) is 12.4 Å². The number of aromatic nitrogens is 1. The van der Waals surface area contributed by atoms with Gasteiger partial charge < -0.3 is 4.90 Å². The van der Waals surface area contributed by atoms with Gasteiger partial charge in [-0.1, -0.05) is 20.8 Å². The molecule has 5 heteroatoms. The van der Waals surface area contributed by atoms with E-state index in [0.717, 1.165) is 25.9 Å². The molecule has 3 atom stereocenters. The van der Waals surface area contributed by atoms with E-state index in [1.165, 1.54) is 5.56 Å². The normalized spacial score (nSPS) is 28.3. The number of carbonyl (C=O) groups is 1. The van der Waals surface area contributed by atoms with Gasteiger partial charge in [-0.3, -0.25) is 20.6 Å². The standard InChI is InChI=1S/C18H28N4O/c1-18(2,3)11-16(23)22-10-4-5-15(22)17-14(12-20-21-17)13-6-8-19-9-7-13/h6-9,14-15,17,20-21H,4-5,10-12H2,1-3H3. The minimum absolute atomic E-state index is 0.0378. The first-order chi connectivity index (χ1) is 11.0. The van der Waals surface area contributed by atoms with Crippen LogP contribution in [0.3, 0.4) is 0 Å². The highest BCUT2D eigenvalue weighted by Gasteiger charge is 2.41. The molecule has 5 nitrogen and oxygen atoms in total. The van der Waals surface area contributed by atoms with Gasteiger partial charge in [0.1, 0.15) is 0 Å². The van der Waals surface area contributed by atoms with Crippen molar-refractivity contribution in [2.45, 2.75) is 58.0 Å². The second-order valence-corrected chi connectivity index (χ2v) is 7.97. The van der Waals surface area contributed by atoms with Gasteiger partial charge in [0.25, 0.3) is 0 Å². The van der Waals surface area contributed by atoms with Crippen LogP contribution in [0.5, 0.6) is 0 Å². The molecule has 3 heterocycles. The lowest BCUT2D eigenvalue weighted by molar-refractivity contribution is -0.134. The van der Waals surface area contributed by atoms with Crippen LogP contribution in [-0.2, 0) is 4.79 Å². The molecule has 2 saturated heterocycles. The minimum atomic E-state index is 0.0378. The van der Waals surface area contributed by atoms with Gasteiger partial charge in [0.15, 0.2) is 0 Å². The van der Waals surface area contributed by atoms with E-state index in [1.54, 1.807) is 0 Å². The lowest BCUT2D eigenvalue weighted by atomic mass is 9.87. The number of pyridine rings is 1. The Labute approximate surface area is 138 Å². The molecule has 1 aromatic heterocycles. The molecular weight excluding hydrogens is 288 g/mol. The fraction of sp³-hybridized carbons (Fsp3) is 0.667. The molecule has 3 unspecified atom stereocenters. The monoisotopic (exact) mass is 316 g/mol. The van der Waals surface area contributed by atoms with Gasteiger partial charge in [0.05, 0.1) is 0 Å². The first-order valence-corrected chi connectivity index (χ1v) is 8.63. The average molecular weight is 316 g/mol. The summed E-state index contributed by atoms with van der Waals surface area (Å²) in [5, 5.41) is 0. The molecule has 1 aromatic rings. The van der Waals surface area contributed by atoms with Gasteiger partial charge >= 0.3 is 0 Å². The quantitative estimate of drug-likeness (QED) is 0.896. The van der Waals surface area contributed by atoms with Crippen LogP contribution in [0.25, 0.3) is 0 Å². The molecule has 0 spiro atoms. The molecule has 0 aliphatic carbocycles. The largest absolute Gasteiger partial charge is 0.338 e. The number of hydrogen-bond acceptors (Lipinski definition) is 4. The first kappa shape index (κ1) is 16.4. The average Bonchev–Trinajstić information content (AvgIpc) is 3.15. The zero-order valence-electron chi connectivity index (χ0n) is 14.4. The summed E-state index contributed by atoms with van der Waals surface area (Å²) in [5.74, 6) is 0.674. The lowest BCUT2D eigenvalue weighted by Gasteiger charge is -2.34. The molecule has 23 heavy (non-hydrogen) atoms. The summed E-state index contributed by atoms with van der Waals surface area (Å²) in [4.78, 5) is 19.0. The van der Waals surface area contributed by atoms with Crippen LogP contribution >= 0.6 is 0 Å². The summed E-state index contributed by atoms with van der Waals surface area (Å²) in [6.45, 7) is 8.18. The molecule has 3 rings (SSSR count). The van der Waals surface area contributed by atoms with Gasteiger partial charge in [0.2, 0.25) is 5.91 Å². The SMILES string of the molecule is CC(C)(C)CC(=O)N1CCCC1C1NNCC1c1ccncc1. The number of hydrogen-bond donors (Lipinski definition) is 2. The molecule has 1 amide bonds. The van der Waals surface area contributed by atoms with Gasteiger partial charge in [-0.05, 0) is 36.0 Å². The number of nitrogens with one attached hydrogen (secondary N) is 2. The Bertz CT molecular complexity index is 540. The highest BCUT2D eigenvalue weighted by atomic mass is 16.2. The molecular formula is C18H28N4O. The highest BCUT2D eigenvalue weighted by molar-refractivity contribution is 5.77. The van der Waals surface area contributed by atoms with Gasteiger partial charge in [-0.15, -0.1) is 0 Å². The predicted octanol–water partition coefficient (Wildman–Crippen LogP) is 2.07. The zero-order valence-corrected chi connectivity index (χ0v) is 14.4. The number of rotatable bonds is 3. The fourth-order valence-corrected chi connectivity index (χ4v) is 3.85. The summed E-state index contributed by atoms with van der Waals surface area (Å²) in [7, 11) is 0. The van der Waals surface area contributed by atoms with Gasteiger partial charge in [-0.25, -0.2) is 0 Å².